The SMILES string of the molecule is COC1CCN(C(C)COC(C)C2CN(C(C)C)CCO2)CC1. The number of rotatable bonds is 7. The summed E-state index contributed by atoms with van der Waals surface area (Å²) in [6.07, 6.45) is 3.04. The van der Waals surface area contributed by atoms with Crippen molar-refractivity contribution in [2.75, 3.05) is 46.5 Å². The zero-order chi connectivity index (χ0) is 16.8. The molecule has 0 bridgehead atoms. The van der Waals surface area contributed by atoms with Gasteiger partial charge in [-0.25, -0.2) is 0 Å². The first-order chi connectivity index (χ1) is 11.0. The van der Waals surface area contributed by atoms with E-state index < -0.39 is 0 Å². The second kappa shape index (κ2) is 9.33. The van der Waals surface area contributed by atoms with E-state index in [0.717, 1.165) is 52.2 Å². The Balaban J connectivity index is 1.70. The number of hydrogen-bond donors (Lipinski definition) is 0. The van der Waals surface area contributed by atoms with Crippen LogP contribution in [0.5, 0.6) is 0 Å². The molecule has 2 aliphatic rings. The minimum Gasteiger partial charge on any atom is -0.381 e. The van der Waals surface area contributed by atoms with Crippen LogP contribution in [0.3, 0.4) is 0 Å². The summed E-state index contributed by atoms with van der Waals surface area (Å²) in [7, 11) is 1.82. The maximum atomic E-state index is 6.15. The Morgan fingerprint density at radius 3 is 2.35 bits per heavy atom. The first-order valence-corrected chi connectivity index (χ1v) is 9.25. The zero-order valence-electron chi connectivity index (χ0n) is 15.7. The summed E-state index contributed by atoms with van der Waals surface area (Å²) < 4.78 is 17.5. The average Bonchev–Trinajstić information content (AvgIpc) is 2.59. The standard InChI is InChI=1S/C18H36N2O3/c1-14(2)20-10-11-22-18(12-20)16(4)23-13-15(3)19-8-6-17(21-5)7-9-19/h14-18H,6-13H2,1-5H3. The molecule has 3 atom stereocenters. The Kier molecular flexibility index (Phi) is 7.76. The van der Waals surface area contributed by atoms with Gasteiger partial charge in [0.15, 0.2) is 0 Å². The molecule has 0 saturated carbocycles. The third-order valence-electron chi connectivity index (χ3n) is 5.41. The quantitative estimate of drug-likeness (QED) is 0.714. The summed E-state index contributed by atoms with van der Waals surface area (Å²) in [6.45, 7) is 14.7. The van der Waals surface area contributed by atoms with Crippen LogP contribution in [0.1, 0.15) is 40.5 Å². The Labute approximate surface area is 142 Å². The van der Waals surface area contributed by atoms with Gasteiger partial charge in [0.25, 0.3) is 0 Å². The fourth-order valence-electron chi connectivity index (χ4n) is 3.51. The molecule has 2 saturated heterocycles. The smallest absolute Gasteiger partial charge is 0.0961 e. The number of likely N-dealkylation sites (tertiary alicyclic amines) is 1. The van der Waals surface area contributed by atoms with Crippen LogP contribution in [-0.2, 0) is 14.2 Å². The number of morpholine rings is 1. The molecule has 2 rings (SSSR count). The second-order valence-corrected chi connectivity index (χ2v) is 7.36. The van der Waals surface area contributed by atoms with Crippen molar-refractivity contribution in [3.63, 3.8) is 0 Å². The summed E-state index contributed by atoms with van der Waals surface area (Å²) in [5.74, 6) is 0. The van der Waals surface area contributed by atoms with Crippen molar-refractivity contribution in [2.45, 2.75) is 70.9 Å². The van der Waals surface area contributed by atoms with Crippen LogP contribution in [0.2, 0.25) is 0 Å². The molecule has 2 heterocycles. The Morgan fingerprint density at radius 2 is 1.74 bits per heavy atom. The van der Waals surface area contributed by atoms with E-state index in [2.05, 4.69) is 37.5 Å². The van der Waals surface area contributed by atoms with Gasteiger partial charge in [0.05, 0.1) is 31.5 Å². The molecule has 0 aromatic carbocycles. The lowest BCUT2D eigenvalue weighted by atomic mass is 10.1. The second-order valence-electron chi connectivity index (χ2n) is 7.36. The molecule has 23 heavy (non-hydrogen) atoms. The van der Waals surface area contributed by atoms with Crippen LogP contribution in [0.15, 0.2) is 0 Å². The van der Waals surface area contributed by atoms with Gasteiger partial charge in [-0.1, -0.05) is 0 Å². The molecular weight excluding hydrogens is 292 g/mol. The Hall–Kier alpha value is -0.200. The number of methoxy groups -OCH3 is 1. The molecule has 2 aliphatic heterocycles. The van der Waals surface area contributed by atoms with Gasteiger partial charge in [-0.2, -0.15) is 0 Å². The van der Waals surface area contributed by atoms with E-state index in [1.54, 1.807) is 0 Å². The zero-order valence-corrected chi connectivity index (χ0v) is 15.7. The van der Waals surface area contributed by atoms with Crippen LogP contribution in [0, 0.1) is 0 Å². The predicted octanol–water partition coefficient (Wildman–Crippen LogP) is 2.00. The largest absolute Gasteiger partial charge is 0.381 e. The molecule has 0 aromatic rings. The fraction of sp³-hybridized carbons (Fsp3) is 1.00. The van der Waals surface area contributed by atoms with Crippen LogP contribution in [0.4, 0.5) is 0 Å². The summed E-state index contributed by atoms with van der Waals surface area (Å²) in [4.78, 5) is 5.00. The average molecular weight is 328 g/mol. The maximum absolute atomic E-state index is 6.15. The van der Waals surface area contributed by atoms with Gasteiger partial charge < -0.3 is 14.2 Å². The molecule has 3 unspecified atom stereocenters. The molecule has 136 valence electrons. The first kappa shape index (κ1) is 19.1. The Morgan fingerprint density at radius 1 is 1.04 bits per heavy atom. The maximum Gasteiger partial charge on any atom is 0.0961 e. The van der Waals surface area contributed by atoms with Crippen molar-refractivity contribution in [2.24, 2.45) is 0 Å². The van der Waals surface area contributed by atoms with Crippen LogP contribution < -0.4 is 0 Å². The van der Waals surface area contributed by atoms with Crippen molar-refractivity contribution in [3.8, 4) is 0 Å². The Bertz CT molecular complexity index is 332. The number of hydrogen-bond acceptors (Lipinski definition) is 5. The normalized spacial score (nSPS) is 28.2. The van der Waals surface area contributed by atoms with Crippen molar-refractivity contribution < 1.29 is 14.2 Å². The predicted molar refractivity (Wildman–Crippen MR) is 92.9 cm³/mol. The van der Waals surface area contributed by atoms with Crippen LogP contribution >= 0.6 is 0 Å². The van der Waals surface area contributed by atoms with Crippen molar-refractivity contribution in [3.05, 3.63) is 0 Å². The van der Waals surface area contributed by atoms with Gasteiger partial charge >= 0.3 is 0 Å². The monoisotopic (exact) mass is 328 g/mol. The number of nitrogens with zero attached hydrogens (tertiary/aromatic N) is 2. The molecule has 5 nitrogen and oxygen atoms in total. The molecule has 5 heteroatoms. The van der Waals surface area contributed by atoms with Crippen molar-refractivity contribution >= 4 is 0 Å². The van der Waals surface area contributed by atoms with E-state index in [9.17, 15) is 0 Å². The van der Waals surface area contributed by atoms with Gasteiger partial charge in [0.2, 0.25) is 0 Å². The van der Waals surface area contributed by atoms with E-state index in [1.165, 1.54) is 0 Å². The van der Waals surface area contributed by atoms with Gasteiger partial charge in [-0.3, -0.25) is 9.80 Å². The van der Waals surface area contributed by atoms with Gasteiger partial charge in [-0.15, -0.1) is 0 Å². The van der Waals surface area contributed by atoms with Crippen LogP contribution in [0.25, 0.3) is 0 Å². The highest BCUT2D eigenvalue weighted by atomic mass is 16.5. The molecule has 0 N–H and O–H groups in total. The molecular formula is C18H36N2O3. The lowest BCUT2D eigenvalue weighted by Crippen LogP contribution is -2.50. The van der Waals surface area contributed by atoms with E-state index in [-0.39, 0.29) is 12.2 Å². The lowest BCUT2D eigenvalue weighted by Gasteiger charge is -2.39. The van der Waals surface area contributed by atoms with E-state index in [1.807, 2.05) is 7.11 Å². The minimum atomic E-state index is 0.149. The molecule has 2 fully saturated rings. The van der Waals surface area contributed by atoms with Crippen molar-refractivity contribution in [1.29, 1.82) is 0 Å². The summed E-state index contributed by atoms with van der Waals surface area (Å²) in [5, 5.41) is 0. The highest BCUT2D eigenvalue weighted by Gasteiger charge is 2.28. The summed E-state index contributed by atoms with van der Waals surface area (Å²) in [6, 6.07) is 1.04. The van der Waals surface area contributed by atoms with Crippen LogP contribution in [-0.4, -0.2) is 86.7 Å². The minimum absolute atomic E-state index is 0.149. The third-order valence-corrected chi connectivity index (χ3v) is 5.41. The number of piperidine rings is 1. The molecule has 0 spiro atoms. The molecule has 0 radical (unpaired) electrons. The van der Waals surface area contributed by atoms with E-state index in [0.29, 0.717) is 18.2 Å². The number of ether oxygens (including phenoxy) is 3. The molecule has 0 amide bonds. The summed E-state index contributed by atoms with van der Waals surface area (Å²) >= 11 is 0. The van der Waals surface area contributed by atoms with Gasteiger partial charge in [0.1, 0.15) is 0 Å². The summed E-state index contributed by atoms with van der Waals surface area (Å²) in [5.41, 5.74) is 0. The van der Waals surface area contributed by atoms with E-state index >= 15 is 0 Å². The molecule has 0 aromatic heterocycles. The van der Waals surface area contributed by atoms with Gasteiger partial charge in [-0.05, 0) is 40.5 Å². The fourth-order valence-corrected chi connectivity index (χ4v) is 3.51. The van der Waals surface area contributed by atoms with Gasteiger partial charge in [0, 0.05) is 45.4 Å². The first-order valence-electron chi connectivity index (χ1n) is 9.25. The third kappa shape index (κ3) is 5.68. The highest BCUT2D eigenvalue weighted by molar-refractivity contribution is 4.80. The lowest BCUT2D eigenvalue weighted by molar-refractivity contribution is -0.117. The highest BCUT2D eigenvalue weighted by Crippen LogP contribution is 2.17. The van der Waals surface area contributed by atoms with Crippen molar-refractivity contribution in [1.82, 2.24) is 9.80 Å². The topological polar surface area (TPSA) is 34.2 Å². The molecule has 0 aliphatic carbocycles. The van der Waals surface area contributed by atoms with E-state index in [4.69, 9.17) is 14.2 Å².